The molecule has 0 saturated carbocycles. The minimum atomic E-state index is -1.49. The van der Waals surface area contributed by atoms with Crippen LogP contribution in [0.2, 0.25) is 0 Å². The molecule has 4 atom stereocenters. The van der Waals surface area contributed by atoms with Crippen LogP contribution in [0.1, 0.15) is 35.3 Å². The van der Waals surface area contributed by atoms with E-state index in [1.165, 1.54) is 19.2 Å². The number of carbonyl (C=O) groups is 2. The number of hydrogen-bond acceptors (Lipinski definition) is 12. The lowest BCUT2D eigenvalue weighted by Gasteiger charge is -2.47. The summed E-state index contributed by atoms with van der Waals surface area (Å²) < 4.78 is 33.5. The third kappa shape index (κ3) is 6.09. The van der Waals surface area contributed by atoms with E-state index >= 15 is 0 Å². The van der Waals surface area contributed by atoms with Crippen LogP contribution in [-0.2, 0) is 25.4 Å². The number of aliphatic hydroxyl groups is 1. The van der Waals surface area contributed by atoms with E-state index in [-0.39, 0.29) is 40.2 Å². The zero-order chi connectivity index (χ0) is 31.8. The van der Waals surface area contributed by atoms with Crippen molar-refractivity contribution in [3.63, 3.8) is 0 Å². The Balaban J connectivity index is 1.40. The number of fused-ring (bicyclic) bond motifs is 1. The fourth-order valence-electron chi connectivity index (χ4n) is 5.72. The van der Waals surface area contributed by atoms with Crippen LogP contribution in [0, 0.1) is 6.92 Å². The Bertz CT molecular complexity index is 1610. The van der Waals surface area contributed by atoms with Crippen LogP contribution in [0.4, 0.5) is 10.5 Å². The first-order valence-corrected chi connectivity index (χ1v) is 14.2. The lowest BCUT2D eigenvalue weighted by molar-refractivity contribution is -0.304. The van der Waals surface area contributed by atoms with Crippen LogP contribution >= 0.6 is 0 Å². The van der Waals surface area contributed by atoms with Gasteiger partial charge in [-0.3, -0.25) is 4.79 Å². The number of ketones is 1. The van der Waals surface area contributed by atoms with Gasteiger partial charge in [-0.25, -0.2) is 9.59 Å². The minimum Gasteiger partial charge on any atom is -0.507 e. The number of aryl methyl sites for hydroxylation is 1. The largest absolute Gasteiger partial charge is 0.507 e. The molecule has 0 aliphatic carbocycles. The fraction of sp³-hybridized carbons (Fsp3) is 0.452. The molecule has 0 spiro atoms. The number of Topliss-reactive ketones (excluding diaryl/α,β-unsaturated/α-hetero) is 1. The van der Waals surface area contributed by atoms with Crippen LogP contribution < -0.4 is 21.0 Å². The van der Waals surface area contributed by atoms with Crippen LogP contribution in [0.3, 0.4) is 0 Å². The van der Waals surface area contributed by atoms with Gasteiger partial charge in [0, 0.05) is 43.4 Å². The highest BCUT2D eigenvalue weighted by Gasteiger charge is 2.53. The number of benzene rings is 2. The molecular formula is C31H36N2O11. The van der Waals surface area contributed by atoms with Crippen LogP contribution in [0.15, 0.2) is 45.6 Å². The highest BCUT2D eigenvalue weighted by molar-refractivity contribution is 5.99. The molecular weight excluding hydrogens is 576 g/mol. The van der Waals surface area contributed by atoms with E-state index < -0.39 is 41.9 Å². The van der Waals surface area contributed by atoms with Crippen molar-refractivity contribution in [2.75, 3.05) is 38.3 Å². The normalized spacial score (nSPS) is 23.3. The van der Waals surface area contributed by atoms with Gasteiger partial charge in [0.1, 0.15) is 23.2 Å². The van der Waals surface area contributed by atoms with Gasteiger partial charge in [0.15, 0.2) is 18.0 Å². The topological polar surface area (TPSA) is 180 Å². The number of aliphatic hydroxyl groups excluding tert-OH is 1. The lowest BCUT2D eigenvalue weighted by atomic mass is 9.89. The molecule has 3 heterocycles. The van der Waals surface area contributed by atoms with Crippen LogP contribution in [0.25, 0.3) is 11.0 Å². The lowest BCUT2D eigenvalue weighted by Crippen LogP contribution is -2.65. The highest BCUT2D eigenvalue weighted by atomic mass is 16.7. The minimum absolute atomic E-state index is 0.0276. The van der Waals surface area contributed by atoms with Crippen molar-refractivity contribution < 1.29 is 47.9 Å². The van der Waals surface area contributed by atoms with E-state index in [1.54, 1.807) is 39.0 Å². The number of nitrogens with two attached hydrogens (primary N) is 1. The molecule has 1 aromatic heterocycles. The number of morpholine rings is 1. The van der Waals surface area contributed by atoms with E-state index in [9.17, 15) is 24.6 Å². The number of carbonyl (C=O) groups excluding carboxylic acids is 2. The van der Waals surface area contributed by atoms with Gasteiger partial charge < -0.3 is 48.9 Å². The molecule has 4 N–H and O–H groups in total. The first-order chi connectivity index (χ1) is 20.9. The third-order valence-corrected chi connectivity index (χ3v) is 7.99. The second-order valence-corrected chi connectivity index (χ2v) is 11.3. The number of ether oxygens (including phenoxy) is 5. The van der Waals surface area contributed by atoms with Crippen LogP contribution in [0.5, 0.6) is 11.5 Å². The maximum absolute atomic E-state index is 13.2. The summed E-state index contributed by atoms with van der Waals surface area (Å²) in [4.78, 5) is 39.9. The Hall–Kier alpha value is -4.17. The van der Waals surface area contributed by atoms with Crippen molar-refractivity contribution >= 4 is 28.5 Å². The zero-order valence-electron chi connectivity index (χ0n) is 24.9. The Morgan fingerprint density at radius 3 is 2.57 bits per heavy atom. The Morgan fingerprint density at radius 1 is 1.16 bits per heavy atom. The molecule has 2 fully saturated rings. The predicted molar refractivity (Wildman–Crippen MR) is 157 cm³/mol. The van der Waals surface area contributed by atoms with E-state index in [0.717, 1.165) is 5.69 Å². The molecule has 2 aliphatic rings. The molecule has 5 rings (SSSR count). The first kappa shape index (κ1) is 31.3. The van der Waals surface area contributed by atoms with Crippen molar-refractivity contribution in [1.29, 1.82) is 0 Å². The highest BCUT2D eigenvalue weighted by Crippen LogP contribution is 2.38. The molecule has 0 unspecified atom stereocenters. The SMILES string of the molecule is CO[C@@H]1[C@@H](OC(N)=O)[C@@H](O)[C@H](Oc2ccc3c(O)c(CC(=O)c4cccc(N5CCOCC5)c4)c(=O)oc3c2C)OC1(C)C. The molecule has 1 amide bonds. The van der Waals surface area contributed by atoms with Gasteiger partial charge in [0.2, 0.25) is 6.29 Å². The number of nitrogens with zero attached hydrogens (tertiary/aromatic N) is 1. The van der Waals surface area contributed by atoms with Crippen molar-refractivity contribution in [3.05, 3.63) is 63.5 Å². The average Bonchev–Trinajstić information content (AvgIpc) is 2.99. The Morgan fingerprint density at radius 2 is 1.89 bits per heavy atom. The number of primary amides is 1. The predicted octanol–water partition coefficient (Wildman–Crippen LogP) is 2.42. The summed E-state index contributed by atoms with van der Waals surface area (Å²) in [6.07, 6.45) is -6.36. The number of rotatable bonds is 8. The van der Waals surface area contributed by atoms with Gasteiger partial charge in [-0.2, -0.15) is 0 Å². The van der Waals surface area contributed by atoms with Gasteiger partial charge in [-0.1, -0.05) is 12.1 Å². The van der Waals surface area contributed by atoms with E-state index in [4.69, 9.17) is 33.8 Å². The standard InChI is InChI=1S/C31H36N2O11/c1-16-22(41-29-24(36)26(43-30(32)38)27(39-4)31(2,3)44-29)9-8-19-23(35)20(28(37)42-25(16)19)15-21(34)17-6-5-7-18(14-17)33-10-12-40-13-11-33/h5-9,14,24,26-27,29,35-36H,10-13,15H2,1-4H3,(H2,32,38)/t24-,26+,27-,29-/m1/s1. The monoisotopic (exact) mass is 612 g/mol. The number of amides is 1. The second kappa shape index (κ2) is 12.4. The summed E-state index contributed by atoms with van der Waals surface area (Å²) >= 11 is 0. The Kier molecular flexibility index (Phi) is 8.84. The Labute approximate surface area is 253 Å². The molecule has 2 aromatic carbocycles. The van der Waals surface area contributed by atoms with Gasteiger partial charge in [-0.05, 0) is 45.0 Å². The number of hydrogen-bond donors (Lipinski definition) is 3. The third-order valence-electron chi connectivity index (χ3n) is 7.99. The summed E-state index contributed by atoms with van der Waals surface area (Å²) in [5, 5.41) is 22.2. The summed E-state index contributed by atoms with van der Waals surface area (Å²) in [6.45, 7) is 7.55. The first-order valence-electron chi connectivity index (χ1n) is 14.2. The summed E-state index contributed by atoms with van der Waals surface area (Å²) in [7, 11) is 1.38. The molecule has 0 bridgehead atoms. The zero-order valence-corrected chi connectivity index (χ0v) is 24.9. The van der Waals surface area contributed by atoms with Crippen molar-refractivity contribution in [3.8, 4) is 11.5 Å². The van der Waals surface area contributed by atoms with E-state index in [1.807, 2.05) is 6.07 Å². The van der Waals surface area contributed by atoms with Crippen molar-refractivity contribution in [1.82, 2.24) is 0 Å². The molecule has 13 nitrogen and oxygen atoms in total. The maximum atomic E-state index is 13.2. The number of methoxy groups -OCH3 is 1. The summed E-state index contributed by atoms with van der Waals surface area (Å²) in [5.74, 6) is -0.569. The summed E-state index contributed by atoms with van der Waals surface area (Å²) in [6, 6.07) is 10.1. The number of anilines is 1. The average molecular weight is 613 g/mol. The molecule has 0 radical (unpaired) electrons. The van der Waals surface area contributed by atoms with Gasteiger partial charge in [-0.15, -0.1) is 0 Å². The van der Waals surface area contributed by atoms with Gasteiger partial charge >= 0.3 is 11.7 Å². The van der Waals surface area contributed by atoms with E-state index in [2.05, 4.69) is 4.90 Å². The molecule has 2 saturated heterocycles. The molecule has 3 aromatic rings. The second-order valence-electron chi connectivity index (χ2n) is 11.3. The van der Waals surface area contributed by atoms with Gasteiger partial charge in [0.05, 0.1) is 29.8 Å². The smallest absolute Gasteiger partial charge is 0.404 e. The fourth-order valence-corrected chi connectivity index (χ4v) is 5.72. The number of aromatic hydroxyl groups is 1. The van der Waals surface area contributed by atoms with Crippen molar-refractivity contribution in [2.24, 2.45) is 5.73 Å². The molecule has 236 valence electrons. The van der Waals surface area contributed by atoms with Crippen LogP contribution in [-0.4, -0.2) is 85.7 Å². The summed E-state index contributed by atoms with van der Waals surface area (Å²) in [5.41, 5.74) is 4.72. The van der Waals surface area contributed by atoms with Crippen molar-refractivity contribution in [2.45, 2.75) is 57.4 Å². The van der Waals surface area contributed by atoms with Gasteiger partial charge in [0.25, 0.3) is 0 Å². The quantitative estimate of drug-likeness (QED) is 0.250. The molecule has 2 aliphatic heterocycles. The molecule has 13 heteroatoms. The maximum Gasteiger partial charge on any atom is 0.404 e. The molecule has 44 heavy (non-hydrogen) atoms. The van der Waals surface area contributed by atoms with E-state index in [0.29, 0.717) is 37.4 Å².